The molecule has 0 aliphatic heterocycles. The summed E-state index contributed by atoms with van der Waals surface area (Å²) in [5.41, 5.74) is -1.80. The average molecular weight is 567 g/mol. The molecule has 0 heterocycles. The van der Waals surface area contributed by atoms with Gasteiger partial charge in [-0.2, -0.15) is 0 Å². The number of allylic oxidation sites excluding steroid dienone is 4. The van der Waals surface area contributed by atoms with Gasteiger partial charge in [-0.1, -0.05) is 25.5 Å². The number of fused-ring (bicyclic) bond motifs is 5. The van der Waals surface area contributed by atoms with Crippen molar-refractivity contribution >= 4 is 23.7 Å². The number of benzene rings is 1. The van der Waals surface area contributed by atoms with Crippen LogP contribution in [0.1, 0.15) is 63.2 Å². The molecule has 5 rings (SSSR count). The second kappa shape index (κ2) is 10.7. The second-order valence-corrected chi connectivity index (χ2v) is 12.1. The summed E-state index contributed by atoms with van der Waals surface area (Å²) in [4.78, 5) is 51.6. The molecule has 4 aliphatic carbocycles. The van der Waals surface area contributed by atoms with Crippen molar-refractivity contribution in [2.24, 2.45) is 28.6 Å². The van der Waals surface area contributed by atoms with Gasteiger partial charge in [-0.15, -0.1) is 0 Å². The van der Waals surface area contributed by atoms with E-state index >= 15 is 0 Å². The van der Waals surface area contributed by atoms with Crippen molar-refractivity contribution in [2.45, 2.75) is 64.6 Å². The monoisotopic (exact) mass is 566 g/mol. The Balaban J connectivity index is 1.43. The zero-order valence-electron chi connectivity index (χ0n) is 24.0. The fourth-order valence-corrected chi connectivity index (χ4v) is 8.26. The molecule has 220 valence electrons. The third kappa shape index (κ3) is 4.68. The Morgan fingerprint density at radius 3 is 2.49 bits per heavy atom. The number of ether oxygens (including phenoxy) is 4. The van der Waals surface area contributed by atoms with Crippen LogP contribution in [0.2, 0.25) is 0 Å². The summed E-state index contributed by atoms with van der Waals surface area (Å²) in [5.74, 6) is -0.877. The fourth-order valence-electron chi connectivity index (χ4n) is 8.26. The number of carbonyl (C=O) groups is 4. The van der Waals surface area contributed by atoms with E-state index in [4.69, 9.17) is 18.9 Å². The van der Waals surface area contributed by atoms with Crippen LogP contribution in [0.4, 0.5) is 4.79 Å². The molecular formula is C32H38O9. The van der Waals surface area contributed by atoms with Crippen molar-refractivity contribution in [3.05, 3.63) is 53.6 Å². The average Bonchev–Trinajstić information content (AvgIpc) is 3.23. The highest BCUT2D eigenvalue weighted by Gasteiger charge is 2.71. The van der Waals surface area contributed by atoms with Gasteiger partial charge in [0.25, 0.3) is 0 Å². The molecule has 1 aromatic rings. The molecule has 3 saturated carbocycles. The molecule has 3 fully saturated rings. The number of rotatable bonds is 7. The number of Topliss-reactive ketones (excluding diaryl/α,β-unsaturated/α-hetero) is 1. The minimum absolute atomic E-state index is 0.0187. The Morgan fingerprint density at radius 2 is 1.80 bits per heavy atom. The van der Waals surface area contributed by atoms with Crippen molar-refractivity contribution in [3.63, 3.8) is 0 Å². The van der Waals surface area contributed by atoms with Crippen LogP contribution >= 0.6 is 0 Å². The summed E-state index contributed by atoms with van der Waals surface area (Å²) in [7, 11) is 1.53. The van der Waals surface area contributed by atoms with Crippen LogP contribution in [0.25, 0.3) is 0 Å². The Labute approximate surface area is 239 Å². The van der Waals surface area contributed by atoms with E-state index in [9.17, 15) is 24.3 Å². The Kier molecular flexibility index (Phi) is 7.61. The van der Waals surface area contributed by atoms with E-state index in [1.54, 1.807) is 43.3 Å². The molecule has 0 aromatic heterocycles. The highest BCUT2D eigenvalue weighted by Crippen LogP contribution is 2.68. The van der Waals surface area contributed by atoms with Crippen molar-refractivity contribution in [3.8, 4) is 5.75 Å². The molecule has 0 radical (unpaired) electrons. The van der Waals surface area contributed by atoms with Gasteiger partial charge < -0.3 is 24.1 Å². The molecule has 0 bridgehead atoms. The first kappa shape index (κ1) is 29.0. The summed E-state index contributed by atoms with van der Waals surface area (Å²) >= 11 is 0. The van der Waals surface area contributed by atoms with E-state index < -0.39 is 47.0 Å². The van der Waals surface area contributed by atoms with Crippen LogP contribution in [-0.2, 0) is 23.8 Å². The Bertz CT molecular complexity index is 1300. The van der Waals surface area contributed by atoms with Gasteiger partial charge in [0.1, 0.15) is 5.75 Å². The van der Waals surface area contributed by atoms with Gasteiger partial charge >= 0.3 is 12.1 Å². The Morgan fingerprint density at radius 1 is 1.07 bits per heavy atom. The molecule has 9 heteroatoms. The number of ketones is 2. The van der Waals surface area contributed by atoms with Gasteiger partial charge in [0.15, 0.2) is 18.2 Å². The molecule has 7 atom stereocenters. The molecule has 41 heavy (non-hydrogen) atoms. The largest absolute Gasteiger partial charge is 0.509 e. The van der Waals surface area contributed by atoms with Gasteiger partial charge in [-0.25, -0.2) is 9.59 Å². The molecule has 1 N–H and O–H groups in total. The van der Waals surface area contributed by atoms with E-state index in [0.29, 0.717) is 24.2 Å². The quantitative estimate of drug-likeness (QED) is 0.372. The predicted molar refractivity (Wildman–Crippen MR) is 147 cm³/mol. The minimum atomic E-state index is -1.73. The van der Waals surface area contributed by atoms with Gasteiger partial charge in [0.05, 0.1) is 19.8 Å². The van der Waals surface area contributed by atoms with Crippen molar-refractivity contribution in [1.82, 2.24) is 0 Å². The first-order valence-electron chi connectivity index (χ1n) is 14.3. The zero-order chi connectivity index (χ0) is 29.6. The molecule has 0 amide bonds. The lowest BCUT2D eigenvalue weighted by Crippen LogP contribution is -2.63. The maximum atomic E-state index is 13.9. The molecular weight excluding hydrogens is 528 g/mol. The van der Waals surface area contributed by atoms with Crippen molar-refractivity contribution in [2.75, 3.05) is 20.3 Å². The predicted octanol–water partition coefficient (Wildman–Crippen LogP) is 4.61. The standard InChI is InChI=1S/C32H38O9/c1-5-39-29(37)41-32(28(36)40-18-26(35)19-6-9-22(38-4)10-7-19)15-13-24-23-11-8-20-16-21(33)12-14-30(20,2)27(23)25(34)17-31(24,32)3/h6-7,9-10,12,14,16,23-25,27,34H,5,8,11,13,15,17-18H2,1-4H3/t23-,24-,25-,27+,30-,31-,32-/m0/s1. The molecule has 0 spiro atoms. The fraction of sp³-hybridized carbons (Fsp3) is 0.562. The number of hydrogen-bond acceptors (Lipinski definition) is 9. The highest BCUT2D eigenvalue weighted by molar-refractivity contribution is 6.01. The first-order valence-corrected chi connectivity index (χ1v) is 14.3. The van der Waals surface area contributed by atoms with Gasteiger partial charge in [0, 0.05) is 22.3 Å². The molecule has 1 aromatic carbocycles. The highest BCUT2D eigenvalue weighted by atomic mass is 16.7. The van der Waals surface area contributed by atoms with Crippen LogP contribution in [-0.4, -0.2) is 60.8 Å². The van der Waals surface area contributed by atoms with Crippen LogP contribution in [0.5, 0.6) is 5.75 Å². The van der Waals surface area contributed by atoms with Crippen LogP contribution < -0.4 is 4.74 Å². The van der Waals surface area contributed by atoms with Crippen LogP contribution in [0, 0.1) is 28.6 Å². The van der Waals surface area contributed by atoms with Crippen molar-refractivity contribution in [1.29, 1.82) is 0 Å². The molecule has 9 nitrogen and oxygen atoms in total. The summed E-state index contributed by atoms with van der Waals surface area (Å²) in [6.45, 7) is 5.13. The van der Waals surface area contributed by atoms with E-state index in [-0.39, 0.29) is 43.0 Å². The lowest BCUT2D eigenvalue weighted by atomic mass is 9.46. The normalized spacial score (nSPS) is 35.3. The summed E-state index contributed by atoms with van der Waals surface area (Å²) < 4.78 is 21.7. The van der Waals surface area contributed by atoms with Crippen LogP contribution in [0.15, 0.2) is 48.1 Å². The van der Waals surface area contributed by atoms with Crippen LogP contribution in [0.3, 0.4) is 0 Å². The maximum absolute atomic E-state index is 13.9. The van der Waals surface area contributed by atoms with E-state index in [1.807, 2.05) is 13.0 Å². The van der Waals surface area contributed by atoms with Gasteiger partial charge in [-0.3, -0.25) is 9.59 Å². The number of aliphatic hydroxyl groups excluding tert-OH is 1. The lowest BCUT2D eigenvalue weighted by Gasteiger charge is -2.59. The Hall–Kier alpha value is -3.46. The summed E-state index contributed by atoms with van der Waals surface area (Å²) in [6.07, 6.45) is 5.76. The smallest absolute Gasteiger partial charge is 0.497 e. The van der Waals surface area contributed by atoms with E-state index in [1.165, 1.54) is 7.11 Å². The number of carbonyl (C=O) groups excluding carboxylic acids is 4. The van der Waals surface area contributed by atoms with Gasteiger partial charge in [-0.05, 0) is 87.3 Å². The summed E-state index contributed by atoms with van der Waals surface area (Å²) in [6, 6.07) is 6.46. The summed E-state index contributed by atoms with van der Waals surface area (Å²) in [5, 5.41) is 11.7. The molecule has 0 unspecified atom stereocenters. The molecule has 4 aliphatic rings. The maximum Gasteiger partial charge on any atom is 0.509 e. The minimum Gasteiger partial charge on any atom is -0.497 e. The second-order valence-electron chi connectivity index (χ2n) is 12.1. The third-order valence-corrected chi connectivity index (χ3v) is 10.2. The number of methoxy groups -OCH3 is 1. The third-order valence-electron chi connectivity index (χ3n) is 10.2. The number of hydrogen-bond donors (Lipinski definition) is 1. The SMILES string of the molecule is CCOC(=O)O[C@]1(C(=O)OCC(=O)c2ccc(OC)cc2)CC[C@H]2[C@@H]3CCC4=CC(=O)C=C[C@]4(C)[C@H]3[C@@H](O)C[C@@]21C. The molecule has 0 saturated heterocycles. The first-order chi connectivity index (χ1) is 19.5. The topological polar surface area (TPSA) is 125 Å². The number of esters is 1. The zero-order valence-corrected chi connectivity index (χ0v) is 24.0. The lowest BCUT2D eigenvalue weighted by molar-refractivity contribution is -0.200. The van der Waals surface area contributed by atoms with E-state index in [0.717, 1.165) is 12.0 Å². The van der Waals surface area contributed by atoms with E-state index in [2.05, 4.69) is 6.92 Å². The van der Waals surface area contributed by atoms with Crippen molar-refractivity contribution < 1.29 is 43.2 Å². The number of aliphatic hydroxyl groups is 1. The van der Waals surface area contributed by atoms with Gasteiger partial charge in [0.2, 0.25) is 5.60 Å².